The molecule has 104 valence electrons. The number of methoxy groups -OCH3 is 1. The van der Waals surface area contributed by atoms with Gasteiger partial charge in [-0.2, -0.15) is 0 Å². The Morgan fingerprint density at radius 2 is 2.00 bits per heavy atom. The molecule has 1 aliphatic heterocycles. The Kier molecular flexibility index (Phi) is 4.27. The van der Waals surface area contributed by atoms with Crippen molar-refractivity contribution >= 4 is 5.91 Å². The highest BCUT2D eigenvalue weighted by atomic mass is 16.5. The van der Waals surface area contributed by atoms with E-state index in [1.54, 1.807) is 43.2 Å². The van der Waals surface area contributed by atoms with E-state index in [1.807, 2.05) is 0 Å². The molecule has 0 spiro atoms. The Bertz CT molecular complexity index is 432. The third kappa shape index (κ3) is 3.38. The molecular weight excluding hydrogens is 246 g/mol. The highest BCUT2D eigenvalue weighted by Crippen LogP contribution is 2.19. The first-order valence-electron chi connectivity index (χ1n) is 6.37. The lowest BCUT2D eigenvalue weighted by molar-refractivity contribution is -0.137. The summed E-state index contributed by atoms with van der Waals surface area (Å²) >= 11 is 0. The van der Waals surface area contributed by atoms with E-state index < -0.39 is 12.2 Å². The van der Waals surface area contributed by atoms with Crippen molar-refractivity contribution in [3.8, 4) is 11.5 Å². The zero-order valence-corrected chi connectivity index (χ0v) is 11.2. The van der Waals surface area contributed by atoms with Crippen LogP contribution in [-0.2, 0) is 4.79 Å². The molecule has 1 aromatic carbocycles. The van der Waals surface area contributed by atoms with E-state index in [0.717, 1.165) is 5.75 Å². The fourth-order valence-corrected chi connectivity index (χ4v) is 2.11. The van der Waals surface area contributed by atoms with Crippen LogP contribution in [0.4, 0.5) is 0 Å². The molecule has 1 aromatic rings. The lowest BCUT2D eigenvalue weighted by Gasteiger charge is -2.21. The molecule has 0 radical (unpaired) electrons. The van der Waals surface area contributed by atoms with Gasteiger partial charge in [-0.3, -0.25) is 4.79 Å². The second-order valence-electron chi connectivity index (χ2n) is 4.66. The number of amides is 1. The van der Waals surface area contributed by atoms with Crippen LogP contribution >= 0.6 is 0 Å². The third-order valence-corrected chi connectivity index (χ3v) is 3.20. The highest BCUT2D eigenvalue weighted by Gasteiger charge is 2.28. The van der Waals surface area contributed by atoms with Crippen molar-refractivity contribution in [2.75, 3.05) is 20.2 Å². The van der Waals surface area contributed by atoms with Gasteiger partial charge in [0.25, 0.3) is 5.91 Å². The van der Waals surface area contributed by atoms with Crippen molar-refractivity contribution < 1.29 is 19.4 Å². The van der Waals surface area contributed by atoms with Gasteiger partial charge in [0.2, 0.25) is 0 Å². The zero-order valence-electron chi connectivity index (χ0n) is 11.2. The molecule has 0 aliphatic carbocycles. The number of rotatable bonds is 4. The highest BCUT2D eigenvalue weighted by molar-refractivity contribution is 5.81. The first-order valence-corrected chi connectivity index (χ1v) is 6.37. The Hall–Kier alpha value is -1.75. The Balaban J connectivity index is 1.92. The molecule has 1 saturated heterocycles. The molecule has 1 amide bonds. The maximum atomic E-state index is 12.1. The Morgan fingerprint density at radius 3 is 2.53 bits per heavy atom. The summed E-state index contributed by atoms with van der Waals surface area (Å²) in [6.45, 7) is 2.71. The number of aliphatic hydroxyl groups is 1. The molecule has 1 N–H and O–H groups in total. The van der Waals surface area contributed by atoms with Crippen LogP contribution < -0.4 is 9.47 Å². The third-order valence-electron chi connectivity index (χ3n) is 3.20. The maximum absolute atomic E-state index is 12.1. The van der Waals surface area contributed by atoms with Crippen molar-refractivity contribution in [2.45, 2.75) is 25.6 Å². The van der Waals surface area contributed by atoms with Crippen LogP contribution in [0.2, 0.25) is 0 Å². The molecule has 0 bridgehead atoms. The van der Waals surface area contributed by atoms with Crippen LogP contribution in [0.3, 0.4) is 0 Å². The number of benzene rings is 1. The van der Waals surface area contributed by atoms with Crippen LogP contribution in [0, 0.1) is 0 Å². The van der Waals surface area contributed by atoms with E-state index in [4.69, 9.17) is 9.47 Å². The smallest absolute Gasteiger partial charge is 0.263 e. The number of carbonyl (C=O) groups is 1. The van der Waals surface area contributed by atoms with Crippen LogP contribution in [0.15, 0.2) is 24.3 Å². The number of ether oxygens (including phenoxy) is 2. The zero-order chi connectivity index (χ0) is 13.8. The van der Waals surface area contributed by atoms with Gasteiger partial charge in [0, 0.05) is 13.1 Å². The quantitative estimate of drug-likeness (QED) is 0.884. The Morgan fingerprint density at radius 1 is 1.37 bits per heavy atom. The lowest BCUT2D eigenvalue weighted by atomic mass is 10.3. The topological polar surface area (TPSA) is 59.0 Å². The van der Waals surface area contributed by atoms with Crippen molar-refractivity contribution in [1.82, 2.24) is 4.90 Å². The predicted molar refractivity (Wildman–Crippen MR) is 70.3 cm³/mol. The monoisotopic (exact) mass is 265 g/mol. The number of carbonyl (C=O) groups excluding carboxylic acids is 1. The average molecular weight is 265 g/mol. The van der Waals surface area contributed by atoms with Gasteiger partial charge in [-0.1, -0.05) is 0 Å². The summed E-state index contributed by atoms with van der Waals surface area (Å²) in [5.41, 5.74) is 0. The van der Waals surface area contributed by atoms with E-state index in [-0.39, 0.29) is 5.91 Å². The number of hydrogen-bond acceptors (Lipinski definition) is 4. The summed E-state index contributed by atoms with van der Waals surface area (Å²) in [6.07, 6.45) is -0.322. The van der Waals surface area contributed by atoms with E-state index in [0.29, 0.717) is 25.3 Å². The SMILES string of the molecule is COc1ccc(OC(C)C(=O)N2CC[C@@H](O)C2)cc1. The fourth-order valence-electron chi connectivity index (χ4n) is 2.11. The summed E-state index contributed by atoms with van der Waals surface area (Å²) in [5.74, 6) is 1.28. The van der Waals surface area contributed by atoms with Crippen LogP contribution in [0.5, 0.6) is 11.5 Å². The largest absolute Gasteiger partial charge is 0.497 e. The van der Waals surface area contributed by atoms with Gasteiger partial charge in [-0.05, 0) is 37.6 Å². The van der Waals surface area contributed by atoms with Crippen LogP contribution in [0.25, 0.3) is 0 Å². The van der Waals surface area contributed by atoms with Gasteiger partial charge < -0.3 is 19.5 Å². The minimum Gasteiger partial charge on any atom is -0.497 e. The number of β-amino-alcohol motifs (C(OH)–C–C–N with tert-alkyl or cyclic N) is 1. The molecule has 1 aliphatic rings. The summed E-state index contributed by atoms with van der Waals surface area (Å²) in [5, 5.41) is 9.43. The van der Waals surface area contributed by atoms with Crippen molar-refractivity contribution in [3.05, 3.63) is 24.3 Å². The van der Waals surface area contributed by atoms with Crippen molar-refractivity contribution in [2.24, 2.45) is 0 Å². The van der Waals surface area contributed by atoms with E-state index in [2.05, 4.69) is 0 Å². The maximum Gasteiger partial charge on any atom is 0.263 e. The van der Waals surface area contributed by atoms with Crippen molar-refractivity contribution in [1.29, 1.82) is 0 Å². The number of likely N-dealkylation sites (tertiary alicyclic amines) is 1. The van der Waals surface area contributed by atoms with E-state index in [1.165, 1.54) is 0 Å². The predicted octanol–water partition coefficient (Wildman–Crippen LogP) is 1.06. The first kappa shape index (κ1) is 13.7. The molecule has 2 atom stereocenters. The van der Waals surface area contributed by atoms with Gasteiger partial charge in [0.15, 0.2) is 6.10 Å². The lowest BCUT2D eigenvalue weighted by Crippen LogP contribution is -2.39. The van der Waals surface area contributed by atoms with Crippen LogP contribution in [-0.4, -0.2) is 48.3 Å². The van der Waals surface area contributed by atoms with Gasteiger partial charge in [-0.15, -0.1) is 0 Å². The number of nitrogens with zero attached hydrogens (tertiary/aromatic N) is 1. The van der Waals surface area contributed by atoms with E-state index >= 15 is 0 Å². The minimum atomic E-state index is -0.557. The summed E-state index contributed by atoms with van der Waals surface area (Å²) in [4.78, 5) is 13.7. The second-order valence-corrected chi connectivity index (χ2v) is 4.66. The van der Waals surface area contributed by atoms with Gasteiger partial charge in [0.05, 0.1) is 13.2 Å². The van der Waals surface area contributed by atoms with Crippen molar-refractivity contribution in [3.63, 3.8) is 0 Å². The summed E-state index contributed by atoms with van der Waals surface area (Å²) < 4.78 is 10.7. The molecule has 19 heavy (non-hydrogen) atoms. The normalized spacial score (nSPS) is 20.2. The minimum absolute atomic E-state index is 0.0904. The molecule has 2 rings (SSSR count). The Labute approximate surface area is 112 Å². The fraction of sp³-hybridized carbons (Fsp3) is 0.500. The second kappa shape index (κ2) is 5.93. The first-order chi connectivity index (χ1) is 9.10. The van der Waals surface area contributed by atoms with Gasteiger partial charge in [0.1, 0.15) is 11.5 Å². The summed E-state index contributed by atoms with van der Waals surface area (Å²) in [7, 11) is 1.60. The summed E-state index contributed by atoms with van der Waals surface area (Å²) in [6, 6.07) is 7.10. The molecule has 5 heteroatoms. The van der Waals surface area contributed by atoms with E-state index in [9.17, 15) is 9.90 Å². The number of aliphatic hydroxyl groups excluding tert-OH is 1. The molecule has 1 heterocycles. The average Bonchev–Trinajstić information content (AvgIpc) is 2.85. The van der Waals surface area contributed by atoms with Gasteiger partial charge in [-0.25, -0.2) is 0 Å². The molecule has 0 aromatic heterocycles. The van der Waals surface area contributed by atoms with Gasteiger partial charge >= 0.3 is 0 Å². The standard InChI is InChI=1S/C14H19NO4/c1-10(14(17)15-8-7-11(16)9-15)19-13-5-3-12(18-2)4-6-13/h3-6,10-11,16H,7-9H2,1-2H3/t10?,11-/m1/s1. The molecule has 5 nitrogen and oxygen atoms in total. The molecular formula is C14H19NO4. The molecule has 1 fully saturated rings. The number of hydrogen-bond donors (Lipinski definition) is 1. The molecule has 1 unspecified atom stereocenters. The van der Waals surface area contributed by atoms with Crippen LogP contribution in [0.1, 0.15) is 13.3 Å². The molecule has 0 saturated carbocycles.